The van der Waals surface area contributed by atoms with E-state index in [2.05, 4.69) is 29.5 Å². The van der Waals surface area contributed by atoms with Gasteiger partial charge in [0.25, 0.3) is 0 Å². The number of ether oxygens (including phenoxy) is 2. The second-order valence-corrected chi connectivity index (χ2v) is 6.13. The lowest BCUT2D eigenvalue weighted by Crippen LogP contribution is -2.34. The molecule has 2 rings (SSSR count). The number of rotatable bonds is 2. The highest BCUT2D eigenvalue weighted by Crippen LogP contribution is 2.29. The third-order valence-corrected chi connectivity index (χ3v) is 4.51. The van der Waals surface area contributed by atoms with Crippen LogP contribution in [0.2, 0.25) is 0 Å². The van der Waals surface area contributed by atoms with Crippen LogP contribution in [0, 0.1) is 5.92 Å². The van der Waals surface area contributed by atoms with Gasteiger partial charge in [0, 0.05) is 0 Å². The van der Waals surface area contributed by atoms with Crippen LogP contribution in [0.15, 0.2) is 0 Å². The average molecular weight is 310 g/mol. The molecule has 0 bridgehead atoms. The molecule has 0 spiro atoms. The highest BCUT2D eigenvalue weighted by molar-refractivity contribution is 14.1. The predicted octanol–water partition coefficient (Wildman–Crippen LogP) is 2.78. The van der Waals surface area contributed by atoms with Crippen molar-refractivity contribution < 1.29 is 9.47 Å². The van der Waals surface area contributed by atoms with Crippen molar-refractivity contribution in [1.29, 1.82) is 0 Å². The molecule has 2 nitrogen and oxygen atoms in total. The van der Waals surface area contributed by atoms with E-state index in [1.165, 1.54) is 25.7 Å². The maximum Gasteiger partial charge on any atom is 0.0951 e. The Balaban J connectivity index is 1.83. The number of halogens is 1. The molecule has 1 aliphatic carbocycles. The third-order valence-electron chi connectivity index (χ3n) is 3.34. The zero-order valence-corrected chi connectivity index (χ0v) is 10.9. The number of hydrogen-bond donors (Lipinski definition) is 0. The van der Waals surface area contributed by atoms with Gasteiger partial charge in [0.1, 0.15) is 0 Å². The van der Waals surface area contributed by atoms with E-state index in [0.29, 0.717) is 16.1 Å². The fourth-order valence-corrected chi connectivity index (χ4v) is 2.97. The van der Waals surface area contributed by atoms with Crippen LogP contribution in [0.3, 0.4) is 0 Å². The van der Waals surface area contributed by atoms with Crippen LogP contribution < -0.4 is 0 Å². The minimum absolute atomic E-state index is 0.348. The summed E-state index contributed by atoms with van der Waals surface area (Å²) in [6.07, 6.45) is 6.16. The summed E-state index contributed by atoms with van der Waals surface area (Å²) in [5.41, 5.74) is 0. The van der Waals surface area contributed by atoms with E-state index >= 15 is 0 Å². The first-order chi connectivity index (χ1) is 6.77. The smallest absolute Gasteiger partial charge is 0.0951 e. The Kier molecular flexibility index (Phi) is 4.08. The van der Waals surface area contributed by atoms with E-state index in [1.54, 1.807) is 0 Å². The molecule has 1 aliphatic heterocycles. The first-order valence-corrected chi connectivity index (χ1v) is 6.89. The SMILES string of the molecule is CC1CCCCC1OC1COCC1I. The Morgan fingerprint density at radius 2 is 1.93 bits per heavy atom. The standard InChI is InChI=1S/C11H19IO2/c1-8-4-2-3-5-10(8)14-11-7-13-6-9(11)12/h8-11H,2-7H2,1H3. The van der Waals surface area contributed by atoms with Crippen LogP contribution in [0.25, 0.3) is 0 Å². The molecule has 4 atom stereocenters. The molecule has 0 aromatic carbocycles. The van der Waals surface area contributed by atoms with Gasteiger partial charge in [-0.25, -0.2) is 0 Å². The van der Waals surface area contributed by atoms with Gasteiger partial charge in [-0.15, -0.1) is 0 Å². The van der Waals surface area contributed by atoms with E-state index in [0.717, 1.165) is 19.1 Å². The van der Waals surface area contributed by atoms with Crippen LogP contribution in [-0.2, 0) is 9.47 Å². The monoisotopic (exact) mass is 310 g/mol. The van der Waals surface area contributed by atoms with Gasteiger partial charge < -0.3 is 9.47 Å². The Bertz CT molecular complexity index is 186. The Hall–Kier alpha value is 0.650. The van der Waals surface area contributed by atoms with Gasteiger partial charge in [-0.1, -0.05) is 42.4 Å². The van der Waals surface area contributed by atoms with E-state index in [9.17, 15) is 0 Å². The molecule has 2 fully saturated rings. The lowest BCUT2D eigenvalue weighted by molar-refractivity contribution is -0.0539. The topological polar surface area (TPSA) is 18.5 Å². The van der Waals surface area contributed by atoms with Gasteiger partial charge >= 0.3 is 0 Å². The first kappa shape index (κ1) is 11.1. The molecule has 3 heteroatoms. The second-order valence-electron chi connectivity index (χ2n) is 4.53. The van der Waals surface area contributed by atoms with Gasteiger partial charge in [0.2, 0.25) is 0 Å². The minimum Gasteiger partial charge on any atom is -0.378 e. The summed E-state index contributed by atoms with van der Waals surface area (Å²) < 4.78 is 12.1. The molecule has 1 heterocycles. The van der Waals surface area contributed by atoms with Crippen LogP contribution in [-0.4, -0.2) is 29.3 Å². The van der Waals surface area contributed by atoms with Crippen molar-refractivity contribution in [1.82, 2.24) is 0 Å². The van der Waals surface area contributed by atoms with Crippen molar-refractivity contribution in [3.63, 3.8) is 0 Å². The van der Waals surface area contributed by atoms with Gasteiger partial charge in [0.05, 0.1) is 29.3 Å². The summed E-state index contributed by atoms with van der Waals surface area (Å²) in [6, 6.07) is 0. The third kappa shape index (κ3) is 2.61. The Morgan fingerprint density at radius 3 is 2.57 bits per heavy atom. The van der Waals surface area contributed by atoms with Crippen molar-refractivity contribution in [2.45, 2.75) is 48.7 Å². The average Bonchev–Trinajstić information content (AvgIpc) is 2.56. The molecule has 1 saturated heterocycles. The Morgan fingerprint density at radius 1 is 1.14 bits per heavy atom. The maximum atomic E-state index is 6.14. The molecule has 14 heavy (non-hydrogen) atoms. The van der Waals surface area contributed by atoms with Crippen molar-refractivity contribution in [3.8, 4) is 0 Å². The molecular formula is C11H19IO2. The maximum absolute atomic E-state index is 6.14. The summed E-state index contributed by atoms with van der Waals surface area (Å²) in [5, 5.41) is 0. The molecule has 0 N–H and O–H groups in total. The number of alkyl halides is 1. The van der Waals surface area contributed by atoms with Crippen LogP contribution in [0.1, 0.15) is 32.6 Å². The van der Waals surface area contributed by atoms with Crippen LogP contribution >= 0.6 is 22.6 Å². The summed E-state index contributed by atoms with van der Waals surface area (Å²) in [4.78, 5) is 0. The lowest BCUT2D eigenvalue weighted by Gasteiger charge is -2.31. The normalized spacial score (nSPS) is 44.1. The molecule has 0 amide bonds. The zero-order chi connectivity index (χ0) is 9.97. The largest absolute Gasteiger partial charge is 0.378 e. The summed E-state index contributed by atoms with van der Waals surface area (Å²) >= 11 is 2.45. The van der Waals surface area contributed by atoms with E-state index in [-0.39, 0.29) is 0 Å². The van der Waals surface area contributed by atoms with Crippen molar-refractivity contribution in [2.24, 2.45) is 5.92 Å². The van der Waals surface area contributed by atoms with Crippen molar-refractivity contribution >= 4 is 22.6 Å². The molecular weight excluding hydrogens is 291 g/mol. The van der Waals surface area contributed by atoms with Crippen LogP contribution in [0.4, 0.5) is 0 Å². The van der Waals surface area contributed by atoms with Crippen molar-refractivity contribution in [3.05, 3.63) is 0 Å². The fourth-order valence-electron chi connectivity index (χ4n) is 2.34. The molecule has 4 unspecified atom stereocenters. The predicted molar refractivity (Wildman–Crippen MR) is 64.9 cm³/mol. The molecule has 0 radical (unpaired) electrons. The zero-order valence-electron chi connectivity index (χ0n) is 8.75. The highest BCUT2D eigenvalue weighted by Gasteiger charge is 2.31. The van der Waals surface area contributed by atoms with E-state index in [1.807, 2.05) is 0 Å². The van der Waals surface area contributed by atoms with Crippen molar-refractivity contribution in [2.75, 3.05) is 13.2 Å². The lowest BCUT2D eigenvalue weighted by atomic mass is 9.88. The van der Waals surface area contributed by atoms with Gasteiger partial charge in [-0.05, 0) is 18.8 Å². The molecule has 2 aliphatic rings. The first-order valence-electron chi connectivity index (χ1n) is 5.64. The van der Waals surface area contributed by atoms with Gasteiger partial charge in [-0.2, -0.15) is 0 Å². The van der Waals surface area contributed by atoms with Gasteiger partial charge in [0.15, 0.2) is 0 Å². The molecule has 1 saturated carbocycles. The minimum atomic E-state index is 0.348. The second kappa shape index (κ2) is 5.12. The molecule has 0 aromatic heterocycles. The summed E-state index contributed by atoms with van der Waals surface area (Å²) in [7, 11) is 0. The fraction of sp³-hybridized carbons (Fsp3) is 1.00. The summed E-state index contributed by atoms with van der Waals surface area (Å²) in [5.74, 6) is 0.743. The quantitative estimate of drug-likeness (QED) is 0.577. The number of hydrogen-bond acceptors (Lipinski definition) is 2. The van der Waals surface area contributed by atoms with E-state index in [4.69, 9.17) is 9.47 Å². The Labute approximate surface area is 99.9 Å². The highest BCUT2D eigenvalue weighted by atomic mass is 127. The molecule has 82 valence electrons. The molecule has 0 aromatic rings. The summed E-state index contributed by atoms with van der Waals surface area (Å²) in [6.45, 7) is 3.99. The van der Waals surface area contributed by atoms with Crippen LogP contribution in [0.5, 0.6) is 0 Å². The van der Waals surface area contributed by atoms with E-state index < -0.39 is 0 Å². The van der Waals surface area contributed by atoms with Gasteiger partial charge in [-0.3, -0.25) is 0 Å².